The van der Waals surface area contributed by atoms with Crippen LogP contribution in [0.1, 0.15) is 30.4 Å². The Bertz CT molecular complexity index is 1190. The number of hydrogen-bond acceptors (Lipinski definition) is 5. The fraction of sp³-hybridized carbons (Fsp3) is 0.409. The second-order valence-electron chi connectivity index (χ2n) is 8.21. The highest BCUT2D eigenvalue weighted by molar-refractivity contribution is 7.94. The van der Waals surface area contributed by atoms with Crippen molar-refractivity contribution in [1.82, 2.24) is 4.31 Å². The average Bonchev–Trinajstić information content (AvgIpc) is 3.02. The molecular formula is C22H26N2O5S2. The minimum atomic E-state index is -3.80. The molecule has 9 heteroatoms. The Morgan fingerprint density at radius 3 is 2.32 bits per heavy atom. The van der Waals surface area contributed by atoms with Crippen molar-refractivity contribution in [3.05, 3.63) is 59.7 Å². The van der Waals surface area contributed by atoms with E-state index in [1.165, 1.54) is 22.0 Å². The maximum Gasteiger partial charge on any atom is 0.243 e. The molecular weight excluding hydrogens is 436 g/mol. The van der Waals surface area contributed by atoms with Gasteiger partial charge in [0.15, 0.2) is 0 Å². The first-order valence-corrected chi connectivity index (χ1v) is 13.4. The Morgan fingerprint density at radius 1 is 1.03 bits per heavy atom. The van der Waals surface area contributed by atoms with Crippen LogP contribution in [0.25, 0.3) is 0 Å². The Balaban J connectivity index is 1.53. The van der Waals surface area contributed by atoms with Gasteiger partial charge in [0.05, 0.1) is 16.3 Å². The number of amides is 1. The highest BCUT2D eigenvalue weighted by atomic mass is 32.2. The van der Waals surface area contributed by atoms with Gasteiger partial charge < -0.3 is 0 Å². The molecule has 2 aliphatic heterocycles. The van der Waals surface area contributed by atoms with Gasteiger partial charge in [0.25, 0.3) is 0 Å². The molecule has 166 valence electrons. The molecule has 0 atom stereocenters. The Morgan fingerprint density at radius 2 is 1.71 bits per heavy atom. The first-order chi connectivity index (χ1) is 14.7. The van der Waals surface area contributed by atoms with Crippen LogP contribution in [0.5, 0.6) is 0 Å². The number of rotatable bonds is 5. The van der Waals surface area contributed by atoms with E-state index >= 15 is 0 Å². The first kappa shape index (κ1) is 22.0. The van der Waals surface area contributed by atoms with Crippen molar-refractivity contribution in [3.63, 3.8) is 0 Å². The smallest absolute Gasteiger partial charge is 0.243 e. The second kappa shape index (κ2) is 8.37. The third-order valence-electron chi connectivity index (χ3n) is 6.04. The quantitative estimate of drug-likeness (QED) is 0.681. The number of carbonyl (C=O) groups excluding carboxylic acids is 1. The molecule has 0 saturated carbocycles. The first-order valence-electron chi connectivity index (χ1n) is 10.4. The fourth-order valence-electron chi connectivity index (χ4n) is 4.30. The summed E-state index contributed by atoms with van der Waals surface area (Å²) in [4.78, 5) is 12.2. The molecule has 4 rings (SSSR count). The van der Waals surface area contributed by atoms with Crippen LogP contribution in [0.3, 0.4) is 0 Å². The minimum Gasteiger partial charge on any atom is -0.273 e. The molecule has 2 aromatic carbocycles. The summed E-state index contributed by atoms with van der Waals surface area (Å²) >= 11 is 0. The minimum absolute atomic E-state index is 0.0569. The normalized spacial score (nSPS) is 20.3. The molecule has 2 aromatic rings. The van der Waals surface area contributed by atoms with Gasteiger partial charge in [-0.25, -0.2) is 21.1 Å². The summed E-state index contributed by atoms with van der Waals surface area (Å²) in [5.41, 5.74) is 1.87. The Kier molecular flexibility index (Phi) is 5.93. The van der Waals surface area contributed by atoms with E-state index in [0.717, 1.165) is 23.6 Å². The van der Waals surface area contributed by atoms with Crippen LogP contribution < -0.4 is 4.31 Å². The van der Waals surface area contributed by atoms with Gasteiger partial charge in [-0.2, -0.15) is 4.31 Å². The van der Waals surface area contributed by atoms with Gasteiger partial charge in [-0.05, 0) is 55.4 Å². The van der Waals surface area contributed by atoms with E-state index in [0.29, 0.717) is 24.6 Å². The molecule has 0 unspecified atom stereocenters. The lowest BCUT2D eigenvalue weighted by Gasteiger charge is -2.32. The number of carbonyl (C=O) groups is 1. The summed E-state index contributed by atoms with van der Waals surface area (Å²) < 4.78 is 53.4. The molecule has 2 saturated heterocycles. The largest absolute Gasteiger partial charge is 0.273 e. The second-order valence-corrected chi connectivity index (χ2v) is 12.1. The van der Waals surface area contributed by atoms with E-state index in [1.807, 2.05) is 18.2 Å². The van der Waals surface area contributed by atoms with Crippen molar-refractivity contribution in [2.45, 2.75) is 37.5 Å². The highest BCUT2D eigenvalue weighted by Gasteiger charge is 2.37. The lowest BCUT2D eigenvalue weighted by Crippen LogP contribution is -2.39. The maximum absolute atomic E-state index is 13.4. The molecule has 0 bridgehead atoms. The molecule has 0 radical (unpaired) electrons. The summed E-state index contributed by atoms with van der Waals surface area (Å²) in [6, 6.07) is 14.5. The highest BCUT2D eigenvalue weighted by Crippen LogP contribution is 2.32. The molecule has 2 heterocycles. The van der Waals surface area contributed by atoms with Crippen molar-refractivity contribution in [1.29, 1.82) is 0 Å². The molecule has 7 nitrogen and oxygen atoms in total. The summed E-state index contributed by atoms with van der Waals surface area (Å²) in [5, 5.41) is 0. The lowest BCUT2D eigenvalue weighted by molar-refractivity contribution is -0.116. The van der Waals surface area contributed by atoms with Crippen molar-refractivity contribution in [2.75, 3.05) is 23.1 Å². The zero-order chi connectivity index (χ0) is 22.2. The molecule has 1 amide bonds. The molecule has 0 spiro atoms. The van der Waals surface area contributed by atoms with Crippen molar-refractivity contribution in [3.8, 4) is 0 Å². The van der Waals surface area contributed by atoms with Gasteiger partial charge in [-0.3, -0.25) is 4.79 Å². The molecule has 2 fully saturated rings. The molecule has 31 heavy (non-hydrogen) atoms. The molecule has 2 aliphatic rings. The number of anilines is 1. The third kappa shape index (κ3) is 4.40. The van der Waals surface area contributed by atoms with Gasteiger partial charge in [0.2, 0.25) is 26.0 Å². The SMILES string of the molecule is Cc1ccc(N2C(=O)CCS2(=O)=O)cc1S(=O)(=O)N1CCC(Cc2ccccc2)CC1. The topological polar surface area (TPSA) is 91.8 Å². The fourth-order valence-corrected chi connectivity index (χ4v) is 7.47. The van der Waals surface area contributed by atoms with Gasteiger partial charge in [-0.1, -0.05) is 36.4 Å². The van der Waals surface area contributed by atoms with E-state index in [9.17, 15) is 21.6 Å². The van der Waals surface area contributed by atoms with Gasteiger partial charge in [-0.15, -0.1) is 0 Å². The van der Waals surface area contributed by atoms with E-state index < -0.39 is 26.0 Å². The van der Waals surface area contributed by atoms with Crippen LogP contribution in [-0.4, -0.2) is 45.9 Å². The van der Waals surface area contributed by atoms with Crippen molar-refractivity contribution in [2.24, 2.45) is 5.92 Å². The molecule has 0 aromatic heterocycles. The predicted molar refractivity (Wildman–Crippen MR) is 119 cm³/mol. The van der Waals surface area contributed by atoms with Gasteiger partial charge in [0.1, 0.15) is 0 Å². The number of hydrogen-bond donors (Lipinski definition) is 0. The van der Waals surface area contributed by atoms with E-state index in [2.05, 4.69) is 12.1 Å². The maximum atomic E-state index is 13.4. The van der Waals surface area contributed by atoms with Crippen molar-refractivity contribution < 1.29 is 21.6 Å². The van der Waals surface area contributed by atoms with Crippen LogP contribution in [-0.2, 0) is 31.3 Å². The van der Waals surface area contributed by atoms with Crippen molar-refractivity contribution >= 4 is 31.6 Å². The summed E-state index contributed by atoms with van der Waals surface area (Å²) in [5.74, 6) is -0.362. The molecule has 0 aliphatic carbocycles. The summed E-state index contributed by atoms with van der Waals surface area (Å²) in [6.07, 6.45) is 2.38. The number of nitrogens with zero attached hydrogens (tertiary/aromatic N) is 2. The average molecular weight is 463 g/mol. The number of aryl methyl sites for hydroxylation is 1. The molecule has 0 N–H and O–H groups in total. The number of sulfonamides is 2. The predicted octanol–water partition coefficient (Wildman–Crippen LogP) is 2.70. The van der Waals surface area contributed by atoms with E-state index in [1.54, 1.807) is 13.0 Å². The summed E-state index contributed by atoms with van der Waals surface area (Å²) in [6.45, 7) is 2.52. The van der Waals surface area contributed by atoms with Crippen LogP contribution in [0, 0.1) is 12.8 Å². The van der Waals surface area contributed by atoms with Crippen LogP contribution in [0.4, 0.5) is 5.69 Å². The number of piperidine rings is 1. The van der Waals surface area contributed by atoms with E-state index in [-0.39, 0.29) is 22.8 Å². The van der Waals surface area contributed by atoms with Gasteiger partial charge in [0, 0.05) is 19.5 Å². The number of benzene rings is 2. The Labute approximate surface area is 183 Å². The Hall–Kier alpha value is -2.23. The van der Waals surface area contributed by atoms with Crippen LogP contribution in [0.2, 0.25) is 0 Å². The van der Waals surface area contributed by atoms with Crippen LogP contribution >= 0.6 is 0 Å². The third-order valence-corrected chi connectivity index (χ3v) is 9.77. The van der Waals surface area contributed by atoms with E-state index in [4.69, 9.17) is 0 Å². The monoisotopic (exact) mass is 462 g/mol. The van der Waals surface area contributed by atoms with Crippen LogP contribution in [0.15, 0.2) is 53.4 Å². The zero-order valence-corrected chi connectivity index (χ0v) is 19.0. The van der Waals surface area contributed by atoms with Gasteiger partial charge >= 0.3 is 0 Å². The summed E-state index contributed by atoms with van der Waals surface area (Å²) in [7, 11) is -7.55. The standard InChI is InChI=1S/C22H26N2O5S2/c1-17-7-8-20(24-22(25)11-14-30(24,26)27)16-21(17)31(28,29)23-12-9-19(10-13-23)15-18-5-3-2-4-6-18/h2-8,16,19H,9-15H2,1H3. The lowest BCUT2D eigenvalue weighted by atomic mass is 9.91. The zero-order valence-electron chi connectivity index (χ0n) is 17.4.